The second-order valence-corrected chi connectivity index (χ2v) is 7.15. The van der Waals surface area contributed by atoms with E-state index < -0.39 is 0 Å². The summed E-state index contributed by atoms with van der Waals surface area (Å²) in [6.07, 6.45) is 0. The van der Waals surface area contributed by atoms with Crippen LogP contribution in [-0.2, 0) is 9.59 Å². The van der Waals surface area contributed by atoms with Gasteiger partial charge in [-0.05, 0) is 49.6 Å². The molecule has 0 aliphatic heterocycles. The Kier molecular flexibility index (Phi) is 7.36. The first kappa shape index (κ1) is 21.9. The zero-order valence-electron chi connectivity index (χ0n) is 17.5. The molecule has 2 aromatic rings. The number of para-hydroxylation sites is 1. The number of amides is 4. The lowest BCUT2D eigenvalue weighted by molar-refractivity contribution is -0.116. The maximum atomic E-state index is 12.5. The van der Waals surface area contributed by atoms with Crippen LogP contribution in [0.2, 0.25) is 0 Å². The Hall–Kier alpha value is -3.35. The number of carbonyl (C=O) groups is 3. The number of nitrogens with zero attached hydrogens (tertiary/aromatic N) is 1. The number of hydrogen-bond donors (Lipinski definition) is 3. The molecule has 29 heavy (non-hydrogen) atoms. The van der Waals surface area contributed by atoms with E-state index in [4.69, 9.17) is 0 Å². The predicted molar refractivity (Wildman–Crippen MR) is 115 cm³/mol. The van der Waals surface area contributed by atoms with Crippen LogP contribution in [0.25, 0.3) is 0 Å². The van der Waals surface area contributed by atoms with Crippen LogP contribution in [0.15, 0.2) is 42.5 Å². The van der Waals surface area contributed by atoms with E-state index in [1.807, 2.05) is 51.1 Å². The molecular weight excluding hydrogens is 368 g/mol. The molecule has 0 heterocycles. The third-order valence-electron chi connectivity index (χ3n) is 4.52. The van der Waals surface area contributed by atoms with Crippen LogP contribution < -0.4 is 16.0 Å². The van der Waals surface area contributed by atoms with E-state index in [-0.39, 0.29) is 30.4 Å². The van der Waals surface area contributed by atoms with Crippen molar-refractivity contribution in [2.45, 2.75) is 33.7 Å². The van der Waals surface area contributed by atoms with Gasteiger partial charge in [-0.2, -0.15) is 0 Å². The average Bonchev–Trinajstić information content (AvgIpc) is 2.64. The SMILES string of the molecule is CC(=O)Nc1cccc(C(C)NC(=O)N(C)CC(=O)Nc2c(C)cccc2C)c1. The summed E-state index contributed by atoms with van der Waals surface area (Å²) in [5.41, 5.74) is 4.22. The molecule has 7 nitrogen and oxygen atoms in total. The summed E-state index contributed by atoms with van der Waals surface area (Å²) in [6.45, 7) is 7.07. The van der Waals surface area contributed by atoms with Gasteiger partial charge in [0, 0.05) is 25.3 Å². The molecule has 0 saturated heterocycles. The van der Waals surface area contributed by atoms with Crippen molar-refractivity contribution < 1.29 is 14.4 Å². The topological polar surface area (TPSA) is 90.5 Å². The van der Waals surface area contributed by atoms with Crippen LogP contribution >= 0.6 is 0 Å². The first-order valence-electron chi connectivity index (χ1n) is 9.42. The number of urea groups is 1. The van der Waals surface area contributed by atoms with Gasteiger partial charge in [0.15, 0.2) is 0 Å². The van der Waals surface area contributed by atoms with E-state index in [9.17, 15) is 14.4 Å². The number of anilines is 2. The highest BCUT2D eigenvalue weighted by molar-refractivity contribution is 5.95. The summed E-state index contributed by atoms with van der Waals surface area (Å²) in [5.74, 6) is -0.422. The molecule has 3 N–H and O–H groups in total. The van der Waals surface area contributed by atoms with E-state index in [0.717, 1.165) is 22.4 Å². The van der Waals surface area contributed by atoms with Crippen LogP contribution in [0.5, 0.6) is 0 Å². The molecular formula is C22H28N4O3. The summed E-state index contributed by atoms with van der Waals surface area (Å²) in [4.78, 5) is 37.4. The average molecular weight is 396 g/mol. The van der Waals surface area contributed by atoms with Crippen LogP contribution in [0.1, 0.15) is 36.6 Å². The Morgan fingerprint density at radius 2 is 1.62 bits per heavy atom. The van der Waals surface area contributed by atoms with Crippen LogP contribution in [0.4, 0.5) is 16.2 Å². The van der Waals surface area contributed by atoms with Crippen molar-refractivity contribution in [2.24, 2.45) is 0 Å². The molecule has 154 valence electrons. The molecule has 7 heteroatoms. The van der Waals surface area contributed by atoms with Crippen molar-refractivity contribution in [1.29, 1.82) is 0 Å². The summed E-state index contributed by atoms with van der Waals surface area (Å²) in [5, 5.41) is 8.46. The molecule has 4 amide bonds. The Morgan fingerprint density at radius 1 is 1.00 bits per heavy atom. The zero-order chi connectivity index (χ0) is 21.6. The van der Waals surface area contributed by atoms with Gasteiger partial charge in [-0.15, -0.1) is 0 Å². The molecule has 0 fully saturated rings. The minimum atomic E-state index is -0.362. The normalized spacial score (nSPS) is 11.3. The van der Waals surface area contributed by atoms with E-state index in [1.54, 1.807) is 19.2 Å². The van der Waals surface area contributed by atoms with Crippen LogP contribution in [-0.4, -0.2) is 36.3 Å². The number of aryl methyl sites for hydroxylation is 2. The summed E-state index contributed by atoms with van der Waals surface area (Å²) < 4.78 is 0. The van der Waals surface area contributed by atoms with Crippen molar-refractivity contribution in [2.75, 3.05) is 24.2 Å². The van der Waals surface area contributed by atoms with Gasteiger partial charge in [0.2, 0.25) is 11.8 Å². The maximum Gasteiger partial charge on any atom is 0.318 e. The van der Waals surface area contributed by atoms with Gasteiger partial charge in [-0.3, -0.25) is 9.59 Å². The minimum absolute atomic E-state index is 0.0712. The van der Waals surface area contributed by atoms with Crippen LogP contribution in [0.3, 0.4) is 0 Å². The van der Waals surface area contributed by atoms with Gasteiger partial charge in [0.1, 0.15) is 6.54 Å². The van der Waals surface area contributed by atoms with Crippen molar-refractivity contribution >= 4 is 29.2 Å². The predicted octanol–water partition coefficient (Wildman–Crippen LogP) is 3.60. The zero-order valence-corrected chi connectivity index (χ0v) is 17.5. The van der Waals surface area contributed by atoms with E-state index in [1.165, 1.54) is 11.8 Å². The molecule has 2 rings (SSSR count). The fraction of sp³-hybridized carbons (Fsp3) is 0.318. The first-order valence-corrected chi connectivity index (χ1v) is 9.42. The van der Waals surface area contributed by atoms with Gasteiger partial charge in [-0.1, -0.05) is 30.3 Å². The first-order chi connectivity index (χ1) is 13.7. The third-order valence-corrected chi connectivity index (χ3v) is 4.52. The molecule has 0 radical (unpaired) electrons. The van der Waals surface area contributed by atoms with Gasteiger partial charge in [0.25, 0.3) is 0 Å². The lowest BCUT2D eigenvalue weighted by atomic mass is 10.1. The van der Waals surface area contributed by atoms with E-state index in [0.29, 0.717) is 5.69 Å². The van der Waals surface area contributed by atoms with E-state index in [2.05, 4.69) is 16.0 Å². The maximum absolute atomic E-state index is 12.5. The Bertz CT molecular complexity index is 890. The summed E-state index contributed by atoms with van der Waals surface area (Å²) in [6, 6.07) is 12.4. The molecule has 2 aromatic carbocycles. The molecule has 0 saturated carbocycles. The molecule has 0 aliphatic rings. The Morgan fingerprint density at radius 3 is 2.24 bits per heavy atom. The highest BCUT2D eigenvalue weighted by Crippen LogP contribution is 2.20. The number of rotatable bonds is 6. The fourth-order valence-corrected chi connectivity index (χ4v) is 2.95. The summed E-state index contributed by atoms with van der Waals surface area (Å²) >= 11 is 0. The Labute approximate surface area is 171 Å². The second-order valence-electron chi connectivity index (χ2n) is 7.15. The molecule has 0 aliphatic carbocycles. The largest absolute Gasteiger partial charge is 0.331 e. The highest BCUT2D eigenvalue weighted by atomic mass is 16.2. The fourth-order valence-electron chi connectivity index (χ4n) is 2.95. The minimum Gasteiger partial charge on any atom is -0.331 e. The summed E-state index contributed by atoms with van der Waals surface area (Å²) in [7, 11) is 1.57. The quantitative estimate of drug-likeness (QED) is 0.697. The van der Waals surface area contributed by atoms with Crippen LogP contribution in [0, 0.1) is 13.8 Å². The molecule has 1 unspecified atom stereocenters. The molecule has 1 atom stereocenters. The number of hydrogen-bond acceptors (Lipinski definition) is 3. The van der Waals surface area contributed by atoms with Gasteiger partial charge in [0.05, 0.1) is 6.04 Å². The van der Waals surface area contributed by atoms with Crippen molar-refractivity contribution in [1.82, 2.24) is 10.2 Å². The van der Waals surface area contributed by atoms with Gasteiger partial charge >= 0.3 is 6.03 Å². The number of carbonyl (C=O) groups excluding carboxylic acids is 3. The standard InChI is InChI=1S/C22H28N4O3/c1-14-8-6-9-15(2)21(14)25-20(28)13-26(5)22(29)23-16(3)18-10-7-11-19(12-18)24-17(4)27/h6-12,16H,13H2,1-5H3,(H,23,29)(H,24,27)(H,25,28). The van der Waals surface area contributed by atoms with Gasteiger partial charge in [-0.25, -0.2) is 4.79 Å². The van der Waals surface area contributed by atoms with E-state index >= 15 is 0 Å². The lowest BCUT2D eigenvalue weighted by Crippen LogP contribution is -2.42. The third kappa shape index (κ3) is 6.34. The second kappa shape index (κ2) is 9.73. The smallest absolute Gasteiger partial charge is 0.318 e. The molecule has 0 spiro atoms. The Balaban J connectivity index is 1.94. The number of benzene rings is 2. The monoisotopic (exact) mass is 396 g/mol. The number of likely N-dealkylation sites (N-methyl/N-ethyl adjacent to an activating group) is 1. The molecule has 0 bridgehead atoms. The lowest BCUT2D eigenvalue weighted by Gasteiger charge is -2.22. The number of nitrogens with one attached hydrogen (secondary N) is 3. The molecule has 0 aromatic heterocycles. The van der Waals surface area contributed by atoms with Crippen molar-refractivity contribution in [3.8, 4) is 0 Å². The van der Waals surface area contributed by atoms with Crippen molar-refractivity contribution in [3.05, 3.63) is 59.2 Å². The highest BCUT2D eigenvalue weighted by Gasteiger charge is 2.17. The van der Waals surface area contributed by atoms with Gasteiger partial charge < -0.3 is 20.9 Å². The van der Waals surface area contributed by atoms with Crippen molar-refractivity contribution in [3.63, 3.8) is 0 Å².